The van der Waals surface area contributed by atoms with E-state index in [0.29, 0.717) is 5.92 Å². The Hall–Kier alpha value is -0.970. The van der Waals surface area contributed by atoms with Crippen molar-refractivity contribution in [2.45, 2.75) is 19.4 Å². The summed E-state index contributed by atoms with van der Waals surface area (Å²) < 4.78 is 11.8. The number of aromatic nitrogens is 1. The van der Waals surface area contributed by atoms with Gasteiger partial charge in [-0.25, -0.2) is 0 Å². The topological polar surface area (TPSA) is 34.6 Å². The van der Waals surface area contributed by atoms with Gasteiger partial charge in [-0.2, -0.15) is 0 Å². The zero-order valence-corrected chi connectivity index (χ0v) is 12.5. The predicted octanol–water partition coefficient (Wildman–Crippen LogP) is 1.96. The van der Waals surface area contributed by atoms with Crippen molar-refractivity contribution < 1.29 is 9.47 Å². The summed E-state index contributed by atoms with van der Waals surface area (Å²) in [6, 6.07) is 4.22. The summed E-state index contributed by atoms with van der Waals surface area (Å²) in [6.45, 7) is 6.86. The van der Waals surface area contributed by atoms with E-state index >= 15 is 0 Å². The fourth-order valence-corrected chi connectivity index (χ4v) is 3.73. The molecule has 21 heavy (non-hydrogen) atoms. The molecule has 3 aliphatic rings. The van der Waals surface area contributed by atoms with Gasteiger partial charge in [0.05, 0.1) is 19.8 Å². The van der Waals surface area contributed by atoms with Gasteiger partial charge in [0, 0.05) is 50.0 Å². The lowest BCUT2D eigenvalue weighted by Gasteiger charge is -2.27. The highest BCUT2D eigenvalue weighted by molar-refractivity contribution is 5.11. The van der Waals surface area contributed by atoms with E-state index in [1.807, 2.05) is 12.4 Å². The van der Waals surface area contributed by atoms with E-state index in [2.05, 4.69) is 22.0 Å². The highest BCUT2D eigenvalue weighted by atomic mass is 16.5. The molecule has 0 unspecified atom stereocenters. The van der Waals surface area contributed by atoms with Crippen LogP contribution in [0.2, 0.25) is 0 Å². The molecule has 0 aromatic carbocycles. The van der Waals surface area contributed by atoms with Gasteiger partial charge in [0.2, 0.25) is 0 Å². The molecule has 4 nitrogen and oxygen atoms in total. The molecule has 0 spiro atoms. The second kappa shape index (κ2) is 5.67. The molecule has 1 aromatic rings. The second-order valence-electron chi connectivity index (χ2n) is 7.06. The van der Waals surface area contributed by atoms with E-state index in [1.54, 1.807) is 0 Å². The first kappa shape index (κ1) is 13.7. The highest BCUT2D eigenvalue weighted by Gasteiger charge is 2.50. The lowest BCUT2D eigenvalue weighted by molar-refractivity contribution is 0.0221. The number of ether oxygens (including phenoxy) is 2. The van der Waals surface area contributed by atoms with E-state index < -0.39 is 0 Å². The number of pyridine rings is 1. The van der Waals surface area contributed by atoms with Crippen LogP contribution in [-0.2, 0) is 16.0 Å². The van der Waals surface area contributed by atoms with Gasteiger partial charge in [-0.1, -0.05) is 0 Å². The average molecular weight is 288 g/mol. The van der Waals surface area contributed by atoms with Crippen molar-refractivity contribution in [1.82, 2.24) is 9.88 Å². The maximum absolute atomic E-state index is 6.03. The van der Waals surface area contributed by atoms with E-state index in [1.165, 1.54) is 18.4 Å². The van der Waals surface area contributed by atoms with Gasteiger partial charge in [-0.15, -0.1) is 0 Å². The van der Waals surface area contributed by atoms with Crippen molar-refractivity contribution >= 4 is 0 Å². The molecule has 3 heterocycles. The van der Waals surface area contributed by atoms with Gasteiger partial charge in [-0.05, 0) is 36.5 Å². The van der Waals surface area contributed by atoms with Crippen LogP contribution in [0, 0.1) is 17.3 Å². The number of hydrogen-bond acceptors (Lipinski definition) is 4. The third-order valence-electron chi connectivity index (χ3n) is 5.19. The van der Waals surface area contributed by atoms with E-state index in [4.69, 9.17) is 9.47 Å². The zero-order chi connectivity index (χ0) is 14.1. The Morgan fingerprint density at radius 2 is 2.19 bits per heavy atom. The molecule has 1 saturated carbocycles. The van der Waals surface area contributed by atoms with Crippen LogP contribution in [0.1, 0.15) is 18.4 Å². The summed E-state index contributed by atoms with van der Waals surface area (Å²) in [5.74, 6) is 1.48. The van der Waals surface area contributed by atoms with Crippen LogP contribution >= 0.6 is 0 Å². The largest absolute Gasteiger partial charge is 0.380 e. The van der Waals surface area contributed by atoms with Crippen LogP contribution in [0.3, 0.4) is 0 Å². The number of nitrogens with zero attached hydrogens (tertiary/aromatic N) is 2. The number of fused-ring (bicyclic) bond motifs is 1. The molecule has 2 saturated heterocycles. The first-order valence-corrected chi connectivity index (χ1v) is 8.11. The smallest absolute Gasteiger partial charge is 0.0561 e. The summed E-state index contributed by atoms with van der Waals surface area (Å²) in [5.41, 5.74) is 1.59. The Kier molecular flexibility index (Phi) is 3.69. The molecular weight excluding hydrogens is 264 g/mol. The van der Waals surface area contributed by atoms with Gasteiger partial charge in [0.15, 0.2) is 0 Å². The summed E-state index contributed by atoms with van der Waals surface area (Å²) in [5, 5.41) is 0. The average Bonchev–Trinajstić information content (AvgIpc) is 3.13. The van der Waals surface area contributed by atoms with Gasteiger partial charge in [0.25, 0.3) is 0 Å². The minimum absolute atomic E-state index is 0.238. The van der Waals surface area contributed by atoms with Crippen LogP contribution in [0.25, 0.3) is 0 Å². The lowest BCUT2D eigenvalue weighted by atomic mass is 9.82. The minimum Gasteiger partial charge on any atom is -0.380 e. The Balaban J connectivity index is 1.36. The fourth-order valence-electron chi connectivity index (χ4n) is 3.73. The third kappa shape index (κ3) is 2.98. The van der Waals surface area contributed by atoms with E-state index in [9.17, 15) is 0 Å². The fraction of sp³-hybridized carbons (Fsp3) is 0.706. The SMILES string of the molecule is c1cc(CN2C[C@H]3COC[C@@]3(COCC3CC3)C2)ccn1. The van der Waals surface area contributed by atoms with Crippen molar-refractivity contribution in [1.29, 1.82) is 0 Å². The molecule has 0 amide bonds. The summed E-state index contributed by atoms with van der Waals surface area (Å²) in [6.07, 6.45) is 6.48. The standard InChI is InChI=1S/C17H24N2O2/c1-2-15(1)9-20-12-17-11-19(8-16(17)10-21-13-17)7-14-3-5-18-6-4-14/h3-6,15-16H,1-2,7-13H2/t16-,17-/m0/s1. The minimum atomic E-state index is 0.238. The Labute approximate surface area is 126 Å². The maximum atomic E-state index is 6.03. The molecule has 0 radical (unpaired) electrons. The van der Waals surface area contributed by atoms with Crippen LogP contribution in [-0.4, -0.2) is 49.4 Å². The van der Waals surface area contributed by atoms with Gasteiger partial charge >= 0.3 is 0 Å². The number of rotatable bonds is 6. The lowest BCUT2D eigenvalue weighted by Crippen LogP contribution is -2.35. The molecule has 1 aliphatic carbocycles. The molecular formula is C17H24N2O2. The van der Waals surface area contributed by atoms with Gasteiger partial charge in [-0.3, -0.25) is 9.88 Å². The highest BCUT2D eigenvalue weighted by Crippen LogP contribution is 2.42. The summed E-state index contributed by atoms with van der Waals surface area (Å²) in [7, 11) is 0. The second-order valence-corrected chi connectivity index (χ2v) is 7.06. The van der Waals surface area contributed by atoms with Crippen LogP contribution < -0.4 is 0 Å². The molecule has 0 N–H and O–H groups in total. The summed E-state index contributed by atoms with van der Waals surface area (Å²) in [4.78, 5) is 6.65. The van der Waals surface area contributed by atoms with E-state index in [-0.39, 0.29) is 5.41 Å². The van der Waals surface area contributed by atoms with Gasteiger partial charge in [0.1, 0.15) is 0 Å². The molecule has 0 bridgehead atoms. The summed E-state index contributed by atoms with van der Waals surface area (Å²) >= 11 is 0. The van der Waals surface area contributed by atoms with Crippen molar-refractivity contribution in [3.8, 4) is 0 Å². The Bertz CT molecular complexity index is 477. The predicted molar refractivity (Wildman–Crippen MR) is 79.8 cm³/mol. The third-order valence-corrected chi connectivity index (χ3v) is 5.19. The first-order valence-electron chi connectivity index (χ1n) is 8.11. The molecule has 2 aliphatic heterocycles. The van der Waals surface area contributed by atoms with Crippen LogP contribution in [0.5, 0.6) is 0 Å². The zero-order valence-electron chi connectivity index (χ0n) is 12.5. The molecule has 4 heteroatoms. The Morgan fingerprint density at radius 1 is 1.33 bits per heavy atom. The quantitative estimate of drug-likeness (QED) is 0.801. The molecule has 4 rings (SSSR count). The number of likely N-dealkylation sites (tertiary alicyclic amines) is 1. The first-order chi connectivity index (χ1) is 10.3. The van der Waals surface area contributed by atoms with Crippen molar-refractivity contribution in [2.75, 3.05) is 39.5 Å². The van der Waals surface area contributed by atoms with Gasteiger partial charge < -0.3 is 9.47 Å². The normalized spacial score (nSPS) is 32.5. The molecule has 114 valence electrons. The van der Waals surface area contributed by atoms with Crippen molar-refractivity contribution in [2.24, 2.45) is 17.3 Å². The molecule has 3 fully saturated rings. The maximum Gasteiger partial charge on any atom is 0.0561 e. The van der Waals surface area contributed by atoms with E-state index in [0.717, 1.165) is 52.0 Å². The van der Waals surface area contributed by atoms with Crippen molar-refractivity contribution in [3.63, 3.8) is 0 Å². The monoisotopic (exact) mass is 288 g/mol. The molecule has 2 atom stereocenters. The Morgan fingerprint density at radius 3 is 3.00 bits per heavy atom. The van der Waals surface area contributed by atoms with Crippen LogP contribution in [0.4, 0.5) is 0 Å². The number of hydrogen-bond donors (Lipinski definition) is 0. The van der Waals surface area contributed by atoms with Crippen LogP contribution in [0.15, 0.2) is 24.5 Å². The molecule has 1 aromatic heterocycles. The van der Waals surface area contributed by atoms with Crippen molar-refractivity contribution in [3.05, 3.63) is 30.1 Å².